The van der Waals surface area contributed by atoms with Gasteiger partial charge < -0.3 is 10.2 Å². The van der Waals surface area contributed by atoms with Crippen molar-refractivity contribution in [1.82, 2.24) is 10.2 Å². The third-order valence-corrected chi connectivity index (χ3v) is 5.60. The zero-order valence-corrected chi connectivity index (χ0v) is 11.4. The minimum absolute atomic E-state index is 0.0298. The first-order chi connectivity index (χ1) is 8.70. The van der Waals surface area contributed by atoms with Gasteiger partial charge >= 0.3 is 0 Å². The second-order valence-electron chi connectivity index (χ2n) is 5.75. The normalized spacial score (nSPS) is 31.1. The summed E-state index contributed by atoms with van der Waals surface area (Å²) in [5.74, 6) is 3.13. The van der Waals surface area contributed by atoms with Crippen molar-refractivity contribution in [2.75, 3.05) is 24.6 Å². The lowest BCUT2D eigenvalue weighted by molar-refractivity contribution is -0.150. The molecule has 3 fully saturated rings. The molecule has 4 nitrogen and oxygen atoms in total. The highest BCUT2D eigenvalue weighted by Crippen LogP contribution is 2.34. The standard InChI is InChI=1S/C13H20N2O2S/c16-11-8-15(7-10-3-6-18-9-10)12(17)13(14-11)4-1-2-5-13/h10H,1-9H2,(H,14,16). The second kappa shape index (κ2) is 4.76. The highest BCUT2D eigenvalue weighted by molar-refractivity contribution is 7.99. The quantitative estimate of drug-likeness (QED) is 0.813. The van der Waals surface area contributed by atoms with E-state index in [1.807, 2.05) is 16.7 Å². The highest BCUT2D eigenvalue weighted by atomic mass is 32.2. The maximum absolute atomic E-state index is 12.6. The van der Waals surface area contributed by atoms with Crippen LogP contribution in [0.3, 0.4) is 0 Å². The molecule has 5 heteroatoms. The van der Waals surface area contributed by atoms with Crippen molar-refractivity contribution < 1.29 is 9.59 Å². The molecule has 2 heterocycles. The first-order valence-corrected chi connectivity index (χ1v) is 8.03. The van der Waals surface area contributed by atoms with Crippen molar-refractivity contribution in [2.24, 2.45) is 5.92 Å². The van der Waals surface area contributed by atoms with E-state index in [9.17, 15) is 9.59 Å². The fraction of sp³-hybridized carbons (Fsp3) is 0.846. The molecular weight excluding hydrogens is 248 g/mol. The molecule has 1 N–H and O–H groups in total. The molecule has 0 aromatic heterocycles. The van der Waals surface area contributed by atoms with Gasteiger partial charge in [0, 0.05) is 6.54 Å². The minimum Gasteiger partial charge on any atom is -0.340 e. The highest BCUT2D eigenvalue weighted by Gasteiger charge is 2.48. The smallest absolute Gasteiger partial charge is 0.248 e. The zero-order chi connectivity index (χ0) is 12.6. The summed E-state index contributed by atoms with van der Waals surface area (Å²) in [5.41, 5.74) is -0.541. The molecule has 2 aliphatic heterocycles. The monoisotopic (exact) mass is 268 g/mol. The van der Waals surface area contributed by atoms with Crippen LogP contribution in [0.5, 0.6) is 0 Å². The molecular formula is C13H20N2O2S. The first kappa shape index (κ1) is 12.3. The van der Waals surface area contributed by atoms with Crippen LogP contribution in [0.4, 0.5) is 0 Å². The summed E-state index contributed by atoms with van der Waals surface area (Å²) in [4.78, 5) is 26.3. The number of hydrogen-bond donors (Lipinski definition) is 1. The molecule has 1 unspecified atom stereocenters. The zero-order valence-electron chi connectivity index (χ0n) is 10.6. The molecule has 100 valence electrons. The lowest BCUT2D eigenvalue weighted by Crippen LogP contribution is -2.66. The molecule has 2 saturated heterocycles. The Balaban J connectivity index is 1.72. The van der Waals surface area contributed by atoms with Crippen LogP contribution in [-0.2, 0) is 9.59 Å². The SMILES string of the molecule is O=C1CN(CC2CCSC2)C(=O)C2(CCCC2)N1. The van der Waals surface area contributed by atoms with Gasteiger partial charge in [-0.15, -0.1) is 0 Å². The number of amides is 2. The van der Waals surface area contributed by atoms with Crippen molar-refractivity contribution in [1.29, 1.82) is 0 Å². The lowest BCUT2D eigenvalue weighted by atomic mass is 9.92. The summed E-state index contributed by atoms with van der Waals surface area (Å²) < 4.78 is 0. The summed E-state index contributed by atoms with van der Waals surface area (Å²) in [5, 5.41) is 2.96. The minimum atomic E-state index is -0.541. The Hall–Kier alpha value is -0.710. The van der Waals surface area contributed by atoms with Crippen LogP contribution < -0.4 is 5.32 Å². The van der Waals surface area contributed by atoms with E-state index in [-0.39, 0.29) is 18.4 Å². The van der Waals surface area contributed by atoms with Crippen molar-refractivity contribution in [2.45, 2.75) is 37.6 Å². The number of thioether (sulfide) groups is 1. The van der Waals surface area contributed by atoms with Gasteiger partial charge in [-0.05, 0) is 36.7 Å². The Morgan fingerprint density at radius 2 is 2.11 bits per heavy atom. The largest absolute Gasteiger partial charge is 0.340 e. The fourth-order valence-electron chi connectivity index (χ4n) is 3.41. The predicted octanol–water partition coefficient (Wildman–Crippen LogP) is 1.01. The van der Waals surface area contributed by atoms with Crippen LogP contribution >= 0.6 is 11.8 Å². The number of carbonyl (C=O) groups excluding carboxylic acids is 2. The number of nitrogens with one attached hydrogen (secondary N) is 1. The van der Waals surface area contributed by atoms with E-state index in [1.165, 1.54) is 12.2 Å². The maximum atomic E-state index is 12.6. The Morgan fingerprint density at radius 1 is 1.33 bits per heavy atom. The van der Waals surface area contributed by atoms with Crippen LogP contribution in [0.1, 0.15) is 32.1 Å². The van der Waals surface area contributed by atoms with Gasteiger partial charge in [-0.3, -0.25) is 9.59 Å². The van der Waals surface area contributed by atoms with E-state index in [2.05, 4.69) is 5.32 Å². The van der Waals surface area contributed by atoms with Gasteiger partial charge in [0.25, 0.3) is 0 Å². The molecule has 3 aliphatic rings. The van der Waals surface area contributed by atoms with Gasteiger partial charge in [0.15, 0.2) is 0 Å². The van der Waals surface area contributed by atoms with E-state index in [4.69, 9.17) is 0 Å². The van der Waals surface area contributed by atoms with Gasteiger partial charge in [0.05, 0.1) is 6.54 Å². The molecule has 1 spiro atoms. The van der Waals surface area contributed by atoms with Crippen LogP contribution in [0, 0.1) is 5.92 Å². The predicted molar refractivity (Wildman–Crippen MR) is 71.4 cm³/mol. The second-order valence-corrected chi connectivity index (χ2v) is 6.90. The topological polar surface area (TPSA) is 49.4 Å². The molecule has 1 atom stereocenters. The van der Waals surface area contributed by atoms with E-state index in [0.717, 1.165) is 38.0 Å². The number of rotatable bonds is 2. The van der Waals surface area contributed by atoms with Gasteiger partial charge in [-0.25, -0.2) is 0 Å². The van der Waals surface area contributed by atoms with E-state index in [0.29, 0.717) is 5.92 Å². The van der Waals surface area contributed by atoms with Crippen LogP contribution in [0.15, 0.2) is 0 Å². The molecule has 3 rings (SSSR count). The van der Waals surface area contributed by atoms with Crippen molar-refractivity contribution in [3.8, 4) is 0 Å². The first-order valence-electron chi connectivity index (χ1n) is 6.88. The summed E-state index contributed by atoms with van der Waals surface area (Å²) in [6, 6.07) is 0. The van der Waals surface area contributed by atoms with Crippen LogP contribution in [0.25, 0.3) is 0 Å². The number of nitrogens with zero attached hydrogens (tertiary/aromatic N) is 1. The van der Waals surface area contributed by atoms with Gasteiger partial charge in [-0.2, -0.15) is 11.8 Å². The van der Waals surface area contributed by atoms with E-state index in [1.54, 1.807) is 0 Å². The number of hydrogen-bond acceptors (Lipinski definition) is 3. The van der Waals surface area contributed by atoms with Gasteiger partial charge in [-0.1, -0.05) is 12.8 Å². The Kier molecular flexibility index (Phi) is 3.26. The van der Waals surface area contributed by atoms with Crippen molar-refractivity contribution in [3.05, 3.63) is 0 Å². The molecule has 0 radical (unpaired) electrons. The third-order valence-electron chi connectivity index (χ3n) is 4.37. The molecule has 0 aromatic rings. The average Bonchev–Trinajstić information content (AvgIpc) is 2.97. The summed E-state index contributed by atoms with van der Waals surface area (Å²) in [6.45, 7) is 1.04. The number of piperazine rings is 1. The van der Waals surface area contributed by atoms with Crippen molar-refractivity contribution >= 4 is 23.6 Å². The summed E-state index contributed by atoms with van der Waals surface area (Å²) in [7, 11) is 0. The maximum Gasteiger partial charge on any atom is 0.248 e. The number of carbonyl (C=O) groups is 2. The molecule has 18 heavy (non-hydrogen) atoms. The molecule has 0 bridgehead atoms. The Labute approximate surface area is 112 Å². The molecule has 0 aromatic carbocycles. The summed E-state index contributed by atoms with van der Waals surface area (Å²) >= 11 is 1.96. The van der Waals surface area contributed by atoms with E-state index >= 15 is 0 Å². The Morgan fingerprint density at radius 3 is 2.78 bits per heavy atom. The molecule has 1 saturated carbocycles. The average molecular weight is 268 g/mol. The third kappa shape index (κ3) is 2.13. The van der Waals surface area contributed by atoms with Gasteiger partial charge in [0.2, 0.25) is 11.8 Å². The molecule has 1 aliphatic carbocycles. The Bertz CT molecular complexity index is 360. The fourth-order valence-corrected chi connectivity index (χ4v) is 4.68. The lowest BCUT2D eigenvalue weighted by Gasteiger charge is -2.40. The van der Waals surface area contributed by atoms with E-state index < -0.39 is 5.54 Å². The molecule has 2 amide bonds. The van der Waals surface area contributed by atoms with Crippen LogP contribution in [0.2, 0.25) is 0 Å². The summed E-state index contributed by atoms with van der Waals surface area (Å²) in [6.07, 6.45) is 4.95. The van der Waals surface area contributed by atoms with Gasteiger partial charge in [0.1, 0.15) is 5.54 Å². The van der Waals surface area contributed by atoms with Crippen molar-refractivity contribution in [3.63, 3.8) is 0 Å². The van der Waals surface area contributed by atoms with Crippen LogP contribution in [-0.4, -0.2) is 46.8 Å².